The Hall–Kier alpha value is -1.39. The van der Waals surface area contributed by atoms with Gasteiger partial charge in [-0.2, -0.15) is 0 Å². The Balaban J connectivity index is 2.15. The third-order valence-corrected chi connectivity index (χ3v) is 10.8. The number of phenolic OH excluding ortho intramolecular Hbond substituents is 1. The second-order valence-electron chi connectivity index (χ2n) is 7.72. The number of aromatic hydroxyl groups is 1. The SMILES string of the molecule is CCCc1cc(SC[Si](C)(C)c2ccc(OCC)cc2)cc(CCC)c1O. The molecule has 2 aromatic carbocycles. The zero-order valence-corrected chi connectivity index (χ0v) is 19.3. The van der Waals surface area contributed by atoms with Crippen LogP contribution in [0.3, 0.4) is 0 Å². The van der Waals surface area contributed by atoms with Crippen LogP contribution in [-0.2, 0) is 12.8 Å². The number of aryl methyl sites for hydroxylation is 2. The lowest BCUT2D eigenvalue weighted by Crippen LogP contribution is -2.44. The first-order chi connectivity index (χ1) is 12.9. The topological polar surface area (TPSA) is 29.5 Å². The van der Waals surface area contributed by atoms with Crippen LogP contribution in [0, 0.1) is 0 Å². The number of phenols is 1. The molecule has 2 rings (SSSR count). The van der Waals surface area contributed by atoms with Crippen molar-refractivity contribution >= 4 is 25.0 Å². The Kier molecular flexibility index (Phi) is 8.30. The standard InChI is InChI=1S/C23H34O2SSi/c1-6-9-18-15-21(16-19(10-7-2)23(18)24)26-17-27(4,5)22-13-11-20(12-14-22)25-8-3/h11-16,24H,6-10,17H2,1-5H3. The molecule has 148 valence electrons. The molecule has 2 aromatic rings. The monoisotopic (exact) mass is 402 g/mol. The van der Waals surface area contributed by atoms with E-state index in [1.807, 2.05) is 18.7 Å². The molecule has 0 saturated carbocycles. The maximum absolute atomic E-state index is 10.5. The van der Waals surface area contributed by atoms with Gasteiger partial charge in [0.15, 0.2) is 0 Å². The number of benzene rings is 2. The number of hydrogen-bond acceptors (Lipinski definition) is 3. The molecular weight excluding hydrogens is 368 g/mol. The second kappa shape index (κ2) is 10.2. The van der Waals surface area contributed by atoms with Crippen LogP contribution < -0.4 is 9.92 Å². The van der Waals surface area contributed by atoms with E-state index in [9.17, 15) is 5.11 Å². The average molecular weight is 403 g/mol. The van der Waals surface area contributed by atoms with Crippen LogP contribution in [0.1, 0.15) is 44.7 Å². The van der Waals surface area contributed by atoms with Crippen molar-refractivity contribution in [3.8, 4) is 11.5 Å². The van der Waals surface area contributed by atoms with Gasteiger partial charge in [-0.1, -0.05) is 57.1 Å². The van der Waals surface area contributed by atoms with E-state index in [0.717, 1.165) is 47.9 Å². The molecule has 0 heterocycles. The lowest BCUT2D eigenvalue weighted by molar-refractivity contribution is 0.340. The fraction of sp³-hybridized carbons (Fsp3) is 0.478. The molecule has 0 aliphatic rings. The maximum Gasteiger partial charge on any atom is 0.122 e. The van der Waals surface area contributed by atoms with E-state index in [1.54, 1.807) is 0 Å². The maximum atomic E-state index is 10.5. The predicted octanol–water partition coefficient (Wildman–Crippen LogP) is 5.94. The molecule has 0 amide bonds. The summed E-state index contributed by atoms with van der Waals surface area (Å²) < 4.78 is 5.57. The summed E-state index contributed by atoms with van der Waals surface area (Å²) in [5, 5.41) is 13.1. The van der Waals surface area contributed by atoms with Crippen molar-refractivity contribution in [1.29, 1.82) is 0 Å². The Morgan fingerprint density at radius 2 is 1.48 bits per heavy atom. The summed E-state index contributed by atoms with van der Waals surface area (Å²) in [5.41, 5.74) is 2.21. The Morgan fingerprint density at radius 3 is 1.96 bits per heavy atom. The smallest absolute Gasteiger partial charge is 0.122 e. The van der Waals surface area contributed by atoms with E-state index < -0.39 is 8.07 Å². The Labute approximate surface area is 170 Å². The molecule has 0 fully saturated rings. The summed E-state index contributed by atoms with van der Waals surface area (Å²) in [4.78, 5) is 1.30. The van der Waals surface area contributed by atoms with Crippen LogP contribution in [-0.4, -0.2) is 25.2 Å². The van der Waals surface area contributed by atoms with E-state index >= 15 is 0 Å². The van der Waals surface area contributed by atoms with Gasteiger partial charge in [-0.25, -0.2) is 0 Å². The van der Waals surface area contributed by atoms with Crippen LogP contribution in [0.5, 0.6) is 11.5 Å². The van der Waals surface area contributed by atoms with Crippen LogP contribution >= 0.6 is 11.8 Å². The molecule has 2 nitrogen and oxygen atoms in total. The first-order valence-corrected chi connectivity index (χ1v) is 14.3. The third kappa shape index (κ3) is 6.05. The van der Waals surface area contributed by atoms with E-state index in [2.05, 4.69) is 63.3 Å². The molecule has 1 N–H and O–H groups in total. The highest BCUT2D eigenvalue weighted by Gasteiger charge is 2.24. The zero-order chi connectivity index (χ0) is 19.9. The number of rotatable bonds is 10. The lowest BCUT2D eigenvalue weighted by atomic mass is 10.0. The minimum atomic E-state index is -1.55. The summed E-state index contributed by atoms with van der Waals surface area (Å²) >= 11 is 1.94. The van der Waals surface area contributed by atoms with E-state index in [-0.39, 0.29) is 0 Å². The number of thioether (sulfide) groups is 1. The molecule has 0 saturated heterocycles. The minimum absolute atomic E-state index is 0.520. The number of ether oxygens (including phenoxy) is 1. The largest absolute Gasteiger partial charge is 0.507 e. The molecule has 0 aliphatic carbocycles. The first-order valence-electron chi connectivity index (χ1n) is 10.1. The molecule has 0 unspecified atom stereocenters. The fourth-order valence-electron chi connectivity index (χ4n) is 3.25. The van der Waals surface area contributed by atoms with Crippen LogP contribution in [0.2, 0.25) is 13.1 Å². The van der Waals surface area contributed by atoms with Crippen LogP contribution in [0.25, 0.3) is 0 Å². The van der Waals surface area contributed by atoms with Crippen molar-refractivity contribution < 1.29 is 9.84 Å². The normalized spacial score (nSPS) is 11.6. The minimum Gasteiger partial charge on any atom is -0.507 e. The molecule has 0 aliphatic heterocycles. The molecule has 0 bridgehead atoms. The summed E-state index contributed by atoms with van der Waals surface area (Å²) in [6.45, 7) is 11.9. The van der Waals surface area contributed by atoms with Crippen molar-refractivity contribution in [2.75, 3.05) is 12.0 Å². The van der Waals surface area contributed by atoms with Gasteiger partial charge < -0.3 is 9.84 Å². The highest BCUT2D eigenvalue weighted by molar-refractivity contribution is 8.01. The molecule has 0 aromatic heterocycles. The van der Waals surface area contributed by atoms with Crippen molar-refractivity contribution in [2.45, 2.75) is 64.4 Å². The second-order valence-corrected chi connectivity index (χ2v) is 14.0. The van der Waals surface area contributed by atoms with E-state index in [0.29, 0.717) is 12.4 Å². The van der Waals surface area contributed by atoms with Gasteiger partial charge in [-0.3, -0.25) is 0 Å². The van der Waals surface area contributed by atoms with Gasteiger partial charge in [-0.15, -0.1) is 11.8 Å². The highest BCUT2D eigenvalue weighted by Crippen LogP contribution is 2.32. The quantitative estimate of drug-likeness (QED) is 0.394. The first kappa shape index (κ1) is 21.9. The van der Waals surface area contributed by atoms with Gasteiger partial charge in [0.05, 0.1) is 14.7 Å². The van der Waals surface area contributed by atoms with Crippen molar-refractivity contribution in [1.82, 2.24) is 0 Å². The summed E-state index contributed by atoms with van der Waals surface area (Å²) in [5.74, 6) is 1.47. The van der Waals surface area contributed by atoms with Gasteiger partial charge >= 0.3 is 0 Å². The summed E-state index contributed by atoms with van der Waals surface area (Å²) in [6.07, 6.45) is 3.99. The zero-order valence-electron chi connectivity index (χ0n) is 17.5. The van der Waals surface area contributed by atoms with Gasteiger partial charge in [0.1, 0.15) is 11.5 Å². The van der Waals surface area contributed by atoms with Gasteiger partial charge in [0.2, 0.25) is 0 Å². The van der Waals surface area contributed by atoms with Gasteiger partial charge in [0.25, 0.3) is 0 Å². The van der Waals surface area contributed by atoms with E-state index in [1.165, 1.54) is 10.1 Å². The molecule has 4 heteroatoms. The highest BCUT2D eigenvalue weighted by atomic mass is 32.2. The van der Waals surface area contributed by atoms with Crippen molar-refractivity contribution in [3.05, 3.63) is 47.5 Å². The van der Waals surface area contributed by atoms with Crippen molar-refractivity contribution in [2.24, 2.45) is 0 Å². The Morgan fingerprint density at radius 1 is 0.926 bits per heavy atom. The third-order valence-electron chi connectivity index (χ3n) is 4.83. The van der Waals surface area contributed by atoms with Gasteiger partial charge in [0, 0.05) is 4.90 Å². The van der Waals surface area contributed by atoms with Crippen LogP contribution in [0.4, 0.5) is 0 Å². The van der Waals surface area contributed by atoms with Crippen LogP contribution in [0.15, 0.2) is 41.3 Å². The molecule has 0 radical (unpaired) electrons. The lowest BCUT2D eigenvalue weighted by Gasteiger charge is -2.23. The predicted molar refractivity (Wildman–Crippen MR) is 122 cm³/mol. The fourth-order valence-corrected chi connectivity index (χ4v) is 7.54. The van der Waals surface area contributed by atoms with Crippen molar-refractivity contribution in [3.63, 3.8) is 0 Å². The molecule has 0 atom stereocenters. The van der Waals surface area contributed by atoms with E-state index in [4.69, 9.17) is 4.74 Å². The summed E-state index contributed by atoms with van der Waals surface area (Å²) in [6, 6.07) is 13.1. The molecule has 27 heavy (non-hydrogen) atoms. The summed E-state index contributed by atoms with van der Waals surface area (Å²) in [7, 11) is -1.55. The molecule has 0 spiro atoms. The van der Waals surface area contributed by atoms with Gasteiger partial charge in [-0.05, 0) is 60.5 Å². The number of hydrogen-bond donors (Lipinski definition) is 1. The molecular formula is C23H34O2SSi. The average Bonchev–Trinajstić information content (AvgIpc) is 2.65. The Bertz CT molecular complexity index is 699.